The highest BCUT2D eigenvalue weighted by molar-refractivity contribution is 5.48. The second-order valence-electron chi connectivity index (χ2n) is 3.32. The number of aryl methyl sites for hydroxylation is 1. The molecule has 0 aliphatic heterocycles. The van der Waals surface area contributed by atoms with Crippen molar-refractivity contribution in [3.8, 4) is 0 Å². The van der Waals surface area contributed by atoms with Gasteiger partial charge < -0.3 is 10.8 Å². The van der Waals surface area contributed by atoms with E-state index in [0.29, 0.717) is 0 Å². The molecular formula is C10H13N3O. The summed E-state index contributed by atoms with van der Waals surface area (Å²) < 4.78 is 1.73. The van der Waals surface area contributed by atoms with Crippen LogP contribution in [-0.4, -0.2) is 21.3 Å². The molecule has 0 bridgehead atoms. The van der Waals surface area contributed by atoms with Crippen LogP contribution in [0.5, 0.6) is 0 Å². The lowest BCUT2D eigenvalue weighted by Gasteiger charge is -2.09. The van der Waals surface area contributed by atoms with E-state index in [4.69, 9.17) is 5.73 Å². The van der Waals surface area contributed by atoms with Crippen molar-refractivity contribution in [2.45, 2.75) is 13.0 Å². The number of aliphatic hydroxyl groups excluding tert-OH is 1. The average molecular weight is 191 g/mol. The maximum absolute atomic E-state index is 9.65. The molecule has 74 valence electrons. The molecule has 3 N–H and O–H groups in total. The van der Waals surface area contributed by atoms with E-state index in [1.54, 1.807) is 4.52 Å². The summed E-state index contributed by atoms with van der Waals surface area (Å²) in [6, 6.07) is 7.64. The number of pyridine rings is 1. The molecule has 1 unspecified atom stereocenters. The summed E-state index contributed by atoms with van der Waals surface area (Å²) in [5.74, 6) is 0. The van der Waals surface area contributed by atoms with Crippen molar-refractivity contribution in [2.24, 2.45) is 5.73 Å². The first kappa shape index (κ1) is 9.18. The van der Waals surface area contributed by atoms with Crippen molar-refractivity contribution < 1.29 is 5.11 Å². The van der Waals surface area contributed by atoms with Gasteiger partial charge in [0.2, 0.25) is 0 Å². The van der Waals surface area contributed by atoms with Gasteiger partial charge in [-0.25, -0.2) is 4.52 Å². The Morgan fingerprint density at radius 3 is 3.07 bits per heavy atom. The predicted molar refractivity (Wildman–Crippen MR) is 53.9 cm³/mol. The van der Waals surface area contributed by atoms with Crippen LogP contribution in [0.1, 0.15) is 17.5 Å². The van der Waals surface area contributed by atoms with Crippen molar-refractivity contribution in [1.29, 1.82) is 0 Å². The maximum atomic E-state index is 9.65. The highest BCUT2D eigenvalue weighted by atomic mass is 16.3. The SMILES string of the molecule is Cc1cc2cccc(C(O)CN)n2n1. The molecule has 0 spiro atoms. The summed E-state index contributed by atoms with van der Waals surface area (Å²) in [6.07, 6.45) is -0.655. The Labute approximate surface area is 82.0 Å². The van der Waals surface area contributed by atoms with Crippen LogP contribution in [0.3, 0.4) is 0 Å². The number of nitrogens with zero attached hydrogens (tertiary/aromatic N) is 2. The molecule has 14 heavy (non-hydrogen) atoms. The molecule has 1 atom stereocenters. The summed E-state index contributed by atoms with van der Waals surface area (Å²) >= 11 is 0. The summed E-state index contributed by atoms with van der Waals surface area (Å²) in [6.45, 7) is 2.13. The van der Waals surface area contributed by atoms with Crippen LogP contribution < -0.4 is 5.73 Å². The molecule has 0 saturated heterocycles. The molecule has 0 fully saturated rings. The molecule has 4 heteroatoms. The maximum Gasteiger partial charge on any atom is 0.108 e. The number of rotatable bonds is 2. The Hall–Kier alpha value is -1.39. The molecule has 0 saturated carbocycles. The molecule has 0 radical (unpaired) electrons. The lowest BCUT2D eigenvalue weighted by Crippen LogP contribution is -2.15. The number of hydrogen-bond acceptors (Lipinski definition) is 3. The fourth-order valence-electron chi connectivity index (χ4n) is 1.53. The molecule has 0 amide bonds. The zero-order chi connectivity index (χ0) is 10.1. The number of hydrogen-bond donors (Lipinski definition) is 2. The van der Waals surface area contributed by atoms with E-state index in [0.717, 1.165) is 16.9 Å². The van der Waals surface area contributed by atoms with E-state index in [9.17, 15) is 5.11 Å². The van der Waals surface area contributed by atoms with Gasteiger partial charge in [-0.05, 0) is 25.1 Å². The number of nitrogens with two attached hydrogens (primary N) is 1. The van der Waals surface area contributed by atoms with Crippen molar-refractivity contribution in [1.82, 2.24) is 9.61 Å². The molecule has 2 heterocycles. The number of fused-ring (bicyclic) bond motifs is 1. The van der Waals surface area contributed by atoms with Gasteiger partial charge in [0, 0.05) is 6.54 Å². The smallest absolute Gasteiger partial charge is 0.108 e. The van der Waals surface area contributed by atoms with Gasteiger partial charge in [-0.2, -0.15) is 5.10 Å². The van der Waals surface area contributed by atoms with Gasteiger partial charge in [-0.3, -0.25) is 0 Å². The van der Waals surface area contributed by atoms with E-state index >= 15 is 0 Å². The largest absolute Gasteiger partial charge is 0.385 e. The van der Waals surface area contributed by atoms with Crippen LogP contribution in [-0.2, 0) is 0 Å². The molecule has 2 aromatic heterocycles. The summed E-state index contributed by atoms with van der Waals surface area (Å²) in [4.78, 5) is 0. The molecule has 2 rings (SSSR count). The van der Waals surface area contributed by atoms with E-state index < -0.39 is 6.10 Å². The van der Waals surface area contributed by atoms with Crippen molar-refractivity contribution >= 4 is 5.52 Å². The molecule has 0 aliphatic rings. The summed E-state index contributed by atoms with van der Waals surface area (Å²) in [5, 5.41) is 13.9. The quantitative estimate of drug-likeness (QED) is 0.732. The van der Waals surface area contributed by atoms with E-state index in [2.05, 4.69) is 5.10 Å². The van der Waals surface area contributed by atoms with Crippen molar-refractivity contribution in [3.05, 3.63) is 35.7 Å². The Kier molecular flexibility index (Phi) is 2.23. The minimum absolute atomic E-state index is 0.206. The first-order valence-electron chi connectivity index (χ1n) is 4.56. The molecule has 2 aromatic rings. The normalized spacial score (nSPS) is 13.4. The summed E-state index contributed by atoms with van der Waals surface area (Å²) in [7, 11) is 0. The lowest BCUT2D eigenvalue weighted by molar-refractivity contribution is 0.179. The first-order valence-corrected chi connectivity index (χ1v) is 4.56. The van der Waals surface area contributed by atoms with Gasteiger partial charge in [0.15, 0.2) is 0 Å². The predicted octanol–water partition coefficient (Wildman–Crippen LogP) is 0.635. The standard InChI is InChI=1S/C10H13N3O/c1-7-5-8-3-2-4-9(10(14)6-11)13(8)12-7/h2-5,10,14H,6,11H2,1H3. The van der Waals surface area contributed by atoms with E-state index in [-0.39, 0.29) is 6.54 Å². The zero-order valence-electron chi connectivity index (χ0n) is 8.01. The van der Waals surface area contributed by atoms with Gasteiger partial charge >= 0.3 is 0 Å². The van der Waals surface area contributed by atoms with Crippen molar-refractivity contribution in [3.63, 3.8) is 0 Å². The number of aromatic nitrogens is 2. The third-order valence-corrected chi connectivity index (χ3v) is 2.20. The second kappa shape index (κ2) is 3.40. The highest BCUT2D eigenvalue weighted by Crippen LogP contribution is 2.14. The Morgan fingerprint density at radius 2 is 2.36 bits per heavy atom. The molecule has 4 nitrogen and oxygen atoms in total. The fourth-order valence-corrected chi connectivity index (χ4v) is 1.53. The molecule has 0 aliphatic carbocycles. The Bertz CT molecular complexity index is 450. The minimum Gasteiger partial charge on any atom is -0.385 e. The third-order valence-electron chi connectivity index (χ3n) is 2.20. The van der Waals surface area contributed by atoms with Gasteiger partial charge in [0.1, 0.15) is 6.10 Å². The number of aliphatic hydroxyl groups is 1. The fraction of sp³-hybridized carbons (Fsp3) is 0.300. The molecular weight excluding hydrogens is 178 g/mol. The van der Waals surface area contributed by atoms with E-state index in [1.807, 2.05) is 31.2 Å². The van der Waals surface area contributed by atoms with Crippen molar-refractivity contribution in [2.75, 3.05) is 6.54 Å². The highest BCUT2D eigenvalue weighted by Gasteiger charge is 2.10. The van der Waals surface area contributed by atoms with Crippen LogP contribution >= 0.6 is 0 Å². The molecule has 0 aromatic carbocycles. The topological polar surface area (TPSA) is 63.5 Å². The average Bonchev–Trinajstić information content (AvgIpc) is 2.56. The first-order chi connectivity index (χ1) is 6.72. The van der Waals surface area contributed by atoms with Crippen LogP contribution in [0.4, 0.5) is 0 Å². The third kappa shape index (κ3) is 1.38. The Balaban J connectivity index is 2.64. The monoisotopic (exact) mass is 191 g/mol. The van der Waals surface area contributed by atoms with Crippen LogP contribution in [0, 0.1) is 6.92 Å². The summed E-state index contributed by atoms with van der Waals surface area (Å²) in [5.41, 5.74) is 8.06. The Morgan fingerprint density at radius 1 is 1.57 bits per heavy atom. The van der Waals surface area contributed by atoms with Gasteiger partial charge in [0.05, 0.1) is 16.9 Å². The van der Waals surface area contributed by atoms with Crippen LogP contribution in [0.25, 0.3) is 5.52 Å². The van der Waals surface area contributed by atoms with Gasteiger partial charge in [-0.15, -0.1) is 0 Å². The van der Waals surface area contributed by atoms with Gasteiger partial charge in [0.25, 0.3) is 0 Å². The minimum atomic E-state index is -0.655. The second-order valence-corrected chi connectivity index (χ2v) is 3.32. The van der Waals surface area contributed by atoms with Gasteiger partial charge in [-0.1, -0.05) is 6.07 Å². The zero-order valence-corrected chi connectivity index (χ0v) is 8.01. The van der Waals surface area contributed by atoms with Crippen LogP contribution in [0.15, 0.2) is 24.3 Å². The van der Waals surface area contributed by atoms with Crippen LogP contribution in [0.2, 0.25) is 0 Å². The lowest BCUT2D eigenvalue weighted by atomic mass is 10.2. The van der Waals surface area contributed by atoms with E-state index in [1.165, 1.54) is 0 Å².